The Morgan fingerprint density at radius 1 is 1.30 bits per heavy atom. The van der Waals surface area contributed by atoms with Crippen molar-refractivity contribution in [3.05, 3.63) is 34.9 Å². The number of nitrogens with one attached hydrogen (secondary N) is 1. The Morgan fingerprint density at radius 3 is 2.70 bits per heavy atom. The molecule has 2 aliphatic rings. The smallest absolute Gasteiger partial charge is 0.253 e. The number of hydrogen-bond donors (Lipinski definition) is 1. The number of carbonyl (C=O) groups excluding carboxylic acids is 1. The molecule has 3 rings (SSSR count). The largest absolute Gasteiger partial charge is 0.366 e. The van der Waals surface area contributed by atoms with Crippen LogP contribution in [-0.2, 0) is 9.53 Å². The van der Waals surface area contributed by atoms with Crippen LogP contribution >= 0.6 is 11.6 Å². The summed E-state index contributed by atoms with van der Waals surface area (Å²) in [6.45, 7) is 7.44. The van der Waals surface area contributed by atoms with Gasteiger partial charge in [-0.05, 0) is 18.6 Å². The number of halogens is 1. The molecule has 1 aromatic rings. The summed E-state index contributed by atoms with van der Waals surface area (Å²) in [5.74, 6) is 0.113. The van der Waals surface area contributed by atoms with Crippen LogP contribution in [-0.4, -0.2) is 67.7 Å². The van der Waals surface area contributed by atoms with Gasteiger partial charge in [0.05, 0.1) is 6.61 Å². The van der Waals surface area contributed by atoms with Gasteiger partial charge in [-0.3, -0.25) is 9.69 Å². The molecule has 23 heavy (non-hydrogen) atoms. The van der Waals surface area contributed by atoms with Crippen LogP contribution < -0.4 is 5.32 Å². The Kier molecular flexibility index (Phi) is 5.54. The predicted octanol–water partition coefficient (Wildman–Crippen LogP) is 1.53. The number of amides is 1. The van der Waals surface area contributed by atoms with Gasteiger partial charge in [-0.15, -0.1) is 0 Å². The molecule has 6 heteroatoms. The lowest BCUT2D eigenvalue weighted by molar-refractivity contribution is -0.147. The van der Waals surface area contributed by atoms with E-state index in [2.05, 4.69) is 23.2 Å². The molecule has 2 fully saturated rings. The van der Waals surface area contributed by atoms with Crippen molar-refractivity contribution in [1.82, 2.24) is 15.1 Å². The molecule has 126 valence electrons. The Labute approximate surface area is 142 Å². The Balaban J connectivity index is 1.55. The lowest BCUT2D eigenvalue weighted by Crippen LogP contribution is -2.55. The van der Waals surface area contributed by atoms with Gasteiger partial charge in [-0.25, -0.2) is 0 Å². The first-order valence-electron chi connectivity index (χ1n) is 8.26. The number of morpholine rings is 1. The zero-order valence-corrected chi connectivity index (χ0v) is 14.3. The number of hydrogen-bond acceptors (Lipinski definition) is 4. The summed E-state index contributed by atoms with van der Waals surface area (Å²) in [6.07, 6.45) is -0.323. The topological polar surface area (TPSA) is 44.8 Å². The molecule has 1 N–H and O–H groups in total. The van der Waals surface area contributed by atoms with Crippen LogP contribution in [0.25, 0.3) is 0 Å². The van der Waals surface area contributed by atoms with E-state index in [1.807, 2.05) is 23.1 Å². The molecule has 0 aliphatic carbocycles. The van der Waals surface area contributed by atoms with Gasteiger partial charge in [0, 0.05) is 50.3 Å². The Bertz CT molecular complexity index is 540. The van der Waals surface area contributed by atoms with Crippen LogP contribution in [0.2, 0.25) is 5.02 Å². The molecule has 1 amide bonds. The van der Waals surface area contributed by atoms with Crippen LogP contribution in [0, 0.1) is 0 Å². The number of benzene rings is 1. The van der Waals surface area contributed by atoms with E-state index in [9.17, 15) is 4.79 Å². The van der Waals surface area contributed by atoms with Gasteiger partial charge < -0.3 is 15.0 Å². The van der Waals surface area contributed by atoms with E-state index in [1.54, 1.807) is 0 Å². The molecule has 0 aromatic heterocycles. The third kappa shape index (κ3) is 3.86. The number of carbonyl (C=O) groups is 1. The maximum Gasteiger partial charge on any atom is 0.253 e. The predicted molar refractivity (Wildman–Crippen MR) is 90.6 cm³/mol. The van der Waals surface area contributed by atoms with E-state index in [0.717, 1.165) is 43.3 Å². The summed E-state index contributed by atoms with van der Waals surface area (Å²) in [4.78, 5) is 16.8. The number of nitrogens with zero attached hydrogens (tertiary/aromatic N) is 2. The molecule has 2 atom stereocenters. The van der Waals surface area contributed by atoms with E-state index in [0.29, 0.717) is 13.2 Å². The van der Waals surface area contributed by atoms with Crippen molar-refractivity contribution in [2.24, 2.45) is 0 Å². The van der Waals surface area contributed by atoms with Gasteiger partial charge >= 0.3 is 0 Å². The SMILES string of the molecule is CC(c1ccccc1Cl)N1CCN(C(=O)C2CNCCO2)CC1. The molecule has 0 radical (unpaired) electrons. The minimum absolute atomic E-state index is 0.113. The highest BCUT2D eigenvalue weighted by Gasteiger charge is 2.30. The van der Waals surface area contributed by atoms with E-state index >= 15 is 0 Å². The van der Waals surface area contributed by atoms with E-state index in [1.165, 1.54) is 0 Å². The van der Waals surface area contributed by atoms with Gasteiger partial charge in [0.1, 0.15) is 6.10 Å². The van der Waals surface area contributed by atoms with Gasteiger partial charge in [0.15, 0.2) is 0 Å². The summed E-state index contributed by atoms with van der Waals surface area (Å²) in [7, 11) is 0. The van der Waals surface area contributed by atoms with Crippen LogP contribution in [0.3, 0.4) is 0 Å². The summed E-state index contributed by atoms with van der Waals surface area (Å²) >= 11 is 6.30. The lowest BCUT2D eigenvalue weighted by atomic mass is 10.1. The standard InChI is InChI=1S/C17H24ClN3O2/c1-13(14-4-2-3-5-15(14)18)20-7-9-21(10-8-20)17(22)16-12-19-6-11-23-16/h2-5,13,16,19H,6-12H2,1H3. The fourth-order valence-electron chi connectivity index (χ4n) is 3.27. The van der Waals surface area contributed by atoms with Gasteiger partial charge in [-0.1, -0.05) is 29.8 Å². The molecular weight excluding hydrogens is 314 g/mol. The fraction of sp³-hybridized carbons (Fsp3) is 0.588. The zero-order valence-electron chi connectivity index (χ0n) is 13.5. The first kappa shape index (κ1) is 16.7. The summed E-state index contributed by atoms with van der Waals surface area (Å²) < 4.78 is 5.57. The summed E-state index contributed by atoms with van der Waals surface area (Å²) in [5, 5.41) is 4.02. The van der Waals surface area contributed by atoms with Crippen LogP contribution in [0.4, 0.5) is 0 Å². The van der Waals surface area contributed by atoms with Crippen molar-refractivity contribution in [2.45, 2.75) is 19.1 Å². The number of ether oxygens (including phenoxy) is 1. The quantitative estimate of drug-likeness (QED) is 0.908. The molecule has 1 aromatic carbocycles. The minimum atomic E-state index is -0.323. The summed E-state index contributed by atoms with van der Waals surface area (Å²) in [6, 6.07) is 8.24. The molecule has 2 aliphatic heterocycles. The Morgan fingerprint density at radius 2 is 2.04 bits per heavy atom. The monoisotopic (exact) mass is 337 g/mol. The zero-order chi connectivity index (χ0) is 16.2. The number of rotatable bonds is 3. The van der Waals surface area contributed by atoms with Crippen molar-refractivity contribution >= 4 is 17.5 Å². The van der Waals surface area contributed by atoms with E-state index < -0.39 is 0 Å². The highest BCUT2D eigenvalue weighted by atomic mass is 35.5. The molecule has 0 spiro atoms. The van der Waals surface area contributed by atoms with Crippen molar-refractivity contribution in [1.29, 1.82) is 0 Å². The second-order valence-electron chi connectivity index (χ2n) is 6.12. The van der Waals surface area contributed by atoms with Crippen LogP contribution in [0.1, 0.15) is 18.5 Å². The van der Waals surface area contributed by atoms with Gasteiger partial charge in [-0.2, -0.15) is 0 Å². The first-order valence-corrected chi connectivity index (χ1v) is 8.64. The molecule has 2 heterocycles. The maximum absolute atomic E-state index is 12.5. The second kappa shape index (κ2) is 7.62. The second-order valence-corrected chi connectivity index (χ2v) is 6.53. The summed E-state index contributed by atoms with van der Waals surface area (Å²) in [5.41, 5.74) is 1.15. The third-order valence-corrected chi connectivity index (χ3v) is 5.08. The van der Waals surface area contributed by atoms with Gasteiger partial charge in [0.25, 0.3) is 5.91 Å². The van der Waals surface area contributed by atoms with Gasteiger partial charge in [0.2, 0.25) is 0 Å². The number of piperazine rings is 1. The molecular formula is C17H24ClN3O2. The average Bonchev–Trinajstić information content (AvgIpc) is 2.62. The van der Waals surface area contributed by atoms with Crippen LogP contribution in [0.5, 0.6) is 0 Å². The normalized spacial score (nSPS) is 24.4. The fourth-order valence-corrected chi connectivity index (χ4v) is 3.56. The van der Waals surface area contributed by atoms with E-state index in [4.69, 9.17) is 16.3 Å². The molecule has 0 bridgehead atoms. The third-order valence-electron chi connectivity index (χ3n) is 4.73. The highest BCUT2D eigenvalue weighted by Crippen LogP contribution is 2.27. The molecule has 2 unspecified atom stereocenters. The molecule has 2 saturated heterocycles. The van der Waals surface area contributed by atoms with Crippen molar-refractivity contribution in [2.75, 3.05) is 45.9 Å². The average molecular weight is 338 g/mol. The van der Waals surface area contributed by atoms with E-state index in [-0.39, 0.29) is 18.1 Å². The minimum Gasteiger partial charge on any atom is -0.366 e. The van der Waals surface area contributed by atoms with Crippen molar-refractivity contribution in [3.63, 3.8) is 0 Å². The molecule has 0 saturated carbocycles. The first-order chi connectivity index (χ1) is 11.2. The Hall–Kier alpha value is -1.14. The van der Waals surface area contributed by atoms with Crippen LogP contribution in [0.15, 0.2) is 24.3 Å². The maximum atomic E-state index is 12.5. The van der Waals surface area contributed by atoms with Crippen molar-refractivity contribution < 1.29 is 9.53 Å². The van der Waals surface area contributed by atoms with Crippen molar-refractivity contribution in [3.8, 4) is 0 Å². The lowest BCUT2D eigenvalue weighted by Gasteiger charge is -2.39. The highest BCUT2D eigenvalue weighted by molar-refractivity contribution is 6.31. The molecule has 5 nitrogen and oxygen atoms in total.